The zero-order valence-corrected chi connectivity index (χ0v) is 33.3. The molecule has 0 radical (unpaired) electrons. The van der Waals surface area contributed by atoms with Gasteiger partial charge in [0, 0.05) is 0 Å². The van der Waals surface area contributed by atoms with E-state index in [-0.39, 0.29) is 0 Å². The maximum absolute atomic E-state index is 2.53. The smallest absolute Gasteiger partial charge is 0.000719 e. The molecule has 14 rings (SSSR count). The molecule has 0 bridgehead atoms. The lowest BCUT2D eigenvalue weighted by Crippen LogP contribution is -1.91. The lowest BCUT2D eigenvalue weighted by atomic mass is 9.84. The Morgan fingerprint density at radius 1 is 0.217 bits per heavy atom. The van der Waals surface area contributed by atoms with Crippen LogP contribution in [0.15, 0.2) is 182 Å². The lowest BCUT2D eigenvalue weighted by Gasteiger charge is -2.19. The van der Waals surface area contributed by atoms with Crippen molar-refractivity contribution in [3.63, 3.8) is 0 Å². The summed E-state index contributed by atoms with van der Waals surface area (Å²) in [5.41, 5.74) is 15.8. The molecule has 0 aliphatic heterocycles. The van der Waals surface area contributed by atoms with Gasteiger partial charge in [0.25, 0.3) is 0 Å². The van der Waals surface area contributed by atoms with Crippen LogP contribution in [0.3, 0.4) is 0 Å². The van der Waals surface area contributed by atoms with Crippen LogP contribution in [0.1, 0.15) is 11.1 Å². The topological polar surface area (TPSA) is 0 Å². The number of hydrogen-bond donors (Lipinski definition) is 0. The van der Waals surface area contributed by atoms with Crippen molar-refractivity contribution in [1.82, 2.24) is 0 Å². The Morgan fingerprint density at radius 2 is 0.767 bits per heavy atom. The molecule has 0 heteroatoms. The van der Waals surface area contributed by atoms with Crippen LogP contribution in [0.25, 0.3) is 142 Å². The van der Waals surface area contributed by atoms with Gasteiger partial charge in [0.05, 0.1) is 0 Å². The van der Waals surface area contributed by atoms with Crippen molar-refractivity contribution < 1.29 is 0 Å². The largest absolute Gasteiger partial charge is 0.0622 e. The van der Waals surface area contributed by atoms with Crippen molar-refractivity contribution in [1.29, 1.82) is 0 Å². The van der Waals surface area contributed by atoms with Crippen LogP contribution < -0.4 is 0 Å². The summed E-state index contributed by atoms with van der Waals surface area (Å²) in [4.78, 5) is 0. The highest BCUT2D eigenvalue weighted by atomic mass is 14.3. The molecule has 0 fully saturated rings. The van der Waals surface area contributed by atoms with Gasteiger partial charge in [0.1, 0.15) is 0 Å². The van der Waals surface area contributed by atoms with E-state index in [1.54, 1.807) is 0 Å². The fraction of sp³-hybridized carbons (Fsp3) is 0.0333. The molecule has 13 aromatic rings. The number of fused-ring (bicyclic) bond motifs is 11. The second-order valence-corrected chi connectivity index (χ2v) is 17.1. The van der Waals surface area contributed by atoms with Gasteiger partial charge in [-0.3, -0.25) is 0 Å². The Kier molecular flexibility index (Phi) is 6.25. The van der Waals surface area contributed by atoms with E-state index in [0.29, 0.717) is 0 Å². The number of rotatable bonds is 3. The summed E-state index contributed by atoms with van der Waals surface area (Å²) < 4.78 is 0. The number of benzene rings is 11. The summed E-state index contributed by atoms with van der Waals surface area (Å²) >= 11 is 0. The van der Waals surface area contributed by atoms with Gasteiger partial charge < -0.3 is 0 Å². The van der Waals surface area contributed by atoms with Gasteiger partial charge in [-0.2, -0.15) is 0 Å². The Balaban J connectivity index is 1.20. The van der Waals surface area contributed by atoms with Gasteiger partial charge in [0.2, 0.25) is 0 Å². The maximum atomic E-state index is 2.53. The Labute approximate surface area is 347 Å². The second kappa shape index (κ2) is 11.6. The lowest BCUT2D eigenvalue weighted by molar-refractivity contribution is 1.48. The maximum Gasteiger partial charge on any atom is -0.000719 e. The van der Waals surface area contributed by atoms with E-state index < -0.39 is 0 Å². The SMILES string of the molecule is Cc1cc2c3c(c(C)ccc3c1-c1ccc3c4c(-c5ccccc5)c5c(cc6c7ccccc7c7cccc5c76)c(-c5ccccc5)c4c4cccc1c43)-c1ccccc1-2. The van der Waals surface area contributed by atoms with Crippen molar-refractivity contribution in [3.8, 4) is 55.6 Å². The van der Waals surface area contributed by atoms with Crippen LogP contribution in [-0.2, 0) is 0 Å². The first-order valence-corrected chi connectivity index (χ1v) is 21.2. The van der Waals surface area contributed by atoms with E-state index in [1.165, 1.54) is 153 Å². The molecule has 0 saturated carbocycles. The molecule has 0 atom stereocenters. The van der Waals surface area contributed by atoms with Gasteiger partial charge >= 0.3 is 0 Å². The molecular formula is C60H36. The molecule has 0 amide bonds. The third kappa shape index (κ3) is 3.96. The van der Waals surface area contributed by atoms with E-state index in [9.17, 15) is 0 Å². The molecule has 0 aromatic heterocycles. The summed E-state index contributed by atoms with van der Waals surface area (Å²) in [7, 11) is 0. The molecule has 0 heterocycles. The third-order valence-corrected chi connectivity index (χ3v) is 14.1. The first kappa shape index (κ1) is 32.4. The van der Waals surface area contributed by atoms with E-state index in [4.69, 9.17) is 0 Å². The van der Waals surface area contributed by atoms with E-state index in [1.807, 2.05) is 0 Å². The molecule has 1 aliphatic rings. The van der Waals surface area contributed by atoms with Crippen LogP contribution in [-0.4, -0.2) is 0 Å². The van der Waals surface area contributed by atoms with E-state index in [2.05, 4.69) is 196 Å². The predicted octanol–water partition coefficient (Wildman–Crippen LogP) is 17.1. The number of aryl methyl sites for hydroxylation is 2. The quantitative estimate of drug-likeness (QED) is 0.158. The minimum absolute atomic E-state index is 1.25. The Hall–Kier alpha value is -7.54. The molecule has 1 aliphatic carbocycles. The van der Waals surface area contributed by atoms with Gasteiger partial charge in [-0.25, -0.2) is 0 Å². The molecule has 60 heavy (non-hydrogen) atoms. The molecule has 0 N–H and O–H groups in total. The molecule has 13 aromatic carbocycles. The third-order valence-electron chi connectivity index (χ3n) is 14.1. The van der Waals surface area contributed by atoms with Gasteiger partial charge in [0.15, 0.2) is 0 Å². The molecule has 0 saturated heterocycles. The molecular weight excluding hydrogens is 721 g/mol. The van der Waals surface area contributed by atoms with Crippen LogP contribution in [0.5, 0.6) is 0 Å². The Bertz CT molecular complexity index is 3980. The zero-order chi connectivity index (χ0) is 39.4. The van der Waals surface area contributed by atoms with Crippen molar-refractivity contribution in [2.75, 3.05) is 0 Å². The average Bonchev–Trinajstić information content (AvgIpc) is 3.93. The van der Waals surface area contributed by atoms with E-state index >= 15 is 0 Å². The fourth-order valence-corrected chi connectivity index (χ4v) is 11.8. The average molecular weight is 757 g/mol. The minimum atomic E-state index is 1.25. The normalized spacial score (nSPS) is 12.5. The first-order chi connectivity index (χ1) is 29.7. The summed E-state index contributed by atoms with van der Waals surface area (Å²) in [5, 5.41) is 21.3. The summed E-state index contributed by atoms with van der Waals surface area (Å²) in [5.74, 6) is 0. The summed E-state index contributed by atoms with van der Waals surface area (Å²) in [6, 6.07) is 68.9. The zero-order valence-electron chi connectivity index (χ0n) is 33.3. The minimum Gasteiger partial charge on any atom is -0.0622 e. The highest BCUT2D eigenvalue weighted by Crippen LogP contribution is 2.57. The van der Waals surface area contributed by atoms with Crippen molar-refractivity contribution in [2.24, 2.45) is 0 Å². The number of hydrogen-bond acceptors (Lipinski definition) is 0. The van der Waals surface area contributed by atoms with Gasteiger partial charge in [-0.15, -0.1) is 0 Å². The van der Waals surface area contributed by atoms with E-state index in [0.717, 1.165) is 0 Å². The highest BCUT2D eigenvalue weighted by Gasteiger charge is 2.29. The predicted molar refractivity (Wildman–Crippen MR) is 259 cm³/mol. The van der Waals surface area contributed by atoms with Crippen molar-refractivity contribution >= 4 is 86.2 Å². The standard InChI is InChI=1S/C60H36/c1-33-27-28-46-51(34(2)31-48-39-21-11-12-22-40(39)52(33)57(46)48)43-29-30-47-55-42(43)24-14-26-45(55)59-53(35-15-5-3-6-16-35)50-32-49-38-20-10-9-19-37(38)41-23-13-25-44(56(41)49)58(50)54(60(47)59)36-17-7-4-8-18-36/h3-32H,1-2H3. The Morgan fingerprint density at radius 3 is 1.53 bits per heavy atom. The first-order valence-electron chi connectivity index (χ1n) is 21.2. The van der Waals surface area contributed by atoms with Gasteiger partial charge in [-0.05, 0) is 173 Å². The highest BCUT2D eigenvalue weighted by molar-refractivity contribution is 6.45. The molecule has 276 valence electrons. The van der Waals surface area contributed by atoms with Crippen LogP contribution >= 0.6 is 0 Å². The summed E-state index contributed by atoms with van der Waals surface area (Å²) in [6.45, 7) is 4.58. The fourth-order valence-electron chi connectivity index (χ4n) is 11.8. The molecule has 0 spiro atoms. The van der Waals surface area contributed by atoms with Crippen molar-refractivity contribution in [3.05, 3.63) is 193 Å². The van der Waals surface area contributed by atoms with Gasteiger partial charge in [-0.1, -0.05) is 176 Å². The molecule has 0 nitrogen and oxygen atoms in total. The second-order valence-electron chi connectivity index (χ2n) is 17.1. The van der Waals surface area contributed by atoms with Crippen LogP contribution in [0, 0.1) is 13.8 Å². The van der Waals surface area contributed by atoms with Crippen LogP contribution in [0.4, 0.5) is 0 Å². The molecule has 0 unspecified atom stereocenters. The monoisotopic (exact) mass is 756 g/mol. The summed E-state index contributed by atoms with van der Waals surface area (Å²) in [6.07, 6.45) is 0. The van der Waals surface area contributed by atoms with Crippen molar-refractivity contribution in [2.45, 2.75) is 13.8 Å². The van der Waals surface area contributed by atoms with Crippen LogP contribution in [0.2, 0.25) is 0 Å².